The Morgan fingerprint density at radius 2 is 1.34 bits per heavy atom. The van der Waals surface area contributed by atoms with Crippen LogP contribution in [0.4, 0.5) is 11.4 Å². The predicted octanol–water partition coefficient (Wildman–Crippen LogP) is 6.28. The number of benzene rings is 4. The summed E-state index contributed by atoms with van der Waals surface area (Å²) in [5.41, 5.74) is 1.35. The Labute approximate surface area is 212 Å². The average molecular weight is 525 g/mol. The van der Waals surface area contributed by atoms with Gasteiger partial charge in [0, 0.05) is 32.4 Å². The van der Waals surface area contributed by atoms with Gasteiger partial charge in [0.05, 0.1) is 10.6 Å². The summed E-state index contributed by atoms with van der Waals surface area (Å²) in [6, 6.07) is 24.9. The van der Waals surface area contributed by atoms with E-state index in [1.807, 2.05) is 0 Å². The van der Waals surface area contributed by atoms with Crippen LogP contribution in [-0.4, -0.2) is 20.1 Å². The number of amides is 1. The number of sulfonamides is 1. The molecule has 176 valence electrons. The van der Waals surface area contributed by atoms with Gasteiger partial charge in [-0.15, -0.1) is 0 Å². The molecule has 0 saturated heterocycles. The van der Waals surface area contributed by atoms with Gasteiger partial charge in [0.15, 0.2) is 5.78 Å². The van der Waals surface area contributed by atoms with Crippen LogP contribution < -0.4 is 10.0 Å². The van der Waals surface area contributed by atoms with Crippen LogP contribution in [0.15, 0.2) is 102 Å². The monoisotopic (exact) mass is 524 g/mol. The molecule has 0 aliphatic carbocycles. The molecule has 9 heteroatoms. The second kappa shape index (κ2) is 10.3. The summed E-state index contributed by atoms with van der Waals surface area (Å²) in [7, 11) is -3.88. The first-order valence-corrected chi connectivity index (χ1v) is 12.6. The molecule has 1 amide bonds. The molecule has 4 rings (SSSR count). The van der Waals surface area contributed by atoms with Crippen molar-refractivity contribution in [1.29, 1.82) is 0 Å². The number of carbonyl (C=O) groups excluding carboxylic acids is 2. The summed E-state index contributed by atoms with van der Waals surface area (Å²) in [5, 5.41) is 3.48. The number of hydrogen-bond acceptors (Lipinski definition) is 4. The van der Waals surface area contributed by atoms with Crippen molar-refractivity contribution in [1.82, 2.24) is 0 Å². The summed E-state index contributed by atoms with van der Waals surface area (Å²) in [4.78, 5) is 26.0. The Bertz CT molecular complexity index is 1510. The molecule has 0 fully saturated rings. The van der Waals surface area contributed by atoms with Crippen LogP contribution in [0.3, 0.4) is 0 Å². The molecule has 0 aromatic heterocycles. The fraction of sp³-hybridized carbons (Fsp3) is 0. The summed E-state index contributed by atoms with van der Waals surface area (Å²) < 4.78 is 27.8. The van der Waals surface area contributed by atoms with Gasteiger partial charge in [-0.05, 0) is 60.7 Å². The molecule has 0 aliphatic heterocycles. The van der Waals surface area contributed by atoms with Crippen molar-refractivity contribution in [3.8, 4) is 0 Å². The van der Waals surface area contributed by atoms with E-state index in [4.69, 9.17) is 23.2 Å². The molecule has 4 aromatic carbocycles. The first-order valence-electron chi connectivity index (χ1n) is 10.3. The van der Waals surface area contributed by atoms with Crippen molar-refractivity contribution in [3.63, 3.8) is 0 Å². The summed E-state index contributed by atoms with van der Waals surface area (Å²) in [5.74, 6) is -0.824. The van der Waals surface area contributed by atoms with E-state index < -0.39 is 15.9 Å². The maximum Gasteiger partial charge on any atom is 0.261 e. The average Bonchev–Trinajstić information content (AvgIpc) is 2.85. The molecule has 6 nitrogen and oxygen atoms in total. The topological polar surface area (TPSA) is 92.3 Å². The van der Waals surface area contributed by atoms with E-state index in [0.717, 1.165) is 0 Å². The lowest BCUT2D eigenvalue weighted by molar-refractivity contribution is 0.102. The Balaban J connectivity index is 1.57. The number of halogens is 2. The molecule has 0 heterocycles. The third-order valence-electron chi connectivity index (χ3n) is 5.01. The van der Waals surface area contributed by atoms with Crippen molar-refractivity contribution < 1.29 is 18.0 Å². The number of ketones is 1. The Hall–Kier alpha value is -3.65. The van der Waals surface area contributed by atoms with Gasteiger partial charge < -0.3 is 5.32 Å². The highest BCUT2D eigenvalue weighted by Crippen LogP contribution is 2.25. The lowest BCUT2D eigenvalue weighted by Gasteiger charge is -2.13. The lowest BCUT2D eigenvalue weighted by Crippen LogP contribution is -2.16. The first kappa shape index (κ1) is 24.5. The Morgan fingerprint density at radius 1 is 0.686 bits per heavy atom. The van der Waals surface area contributed by atoms with Gasteiger partial charge in [-0.2, -0.15) is 0 Å². The summed E-state index contributed by atoms with van der Waals surface area (Å²) in [6.45, 7) is 0. The number of nitrogens with one attached hydrogen (secondary N) is 2. The minimum absolute atomic E-state index is 0.0296. The second-order valence-electron chi connectivity index (χ2n) is 7.48. The fourth-order valence-corrected chi connectivity index (χ4v) is 4.65. The number of carbonyl (C=O) groups is 2. The Morgan fingerprint density at radius 3 is 2.06 bits per heavy atom. The minimum Gasteiger partial charge on any atom is -0.321 e. The SMILES string of the molecule is O=C(Nc1ccc(Cl)cc1C(=O)c1ccccc1)c1cccc(NS(=O)(=O)c2ccc(Cl)cc2)c1. The molecule has 0 spiro atoms. The maximum absolute atomic E-state index is 13.0. The van der Waals surface area contributed by atoms with Gasteiger partial charge in [0.25, 0.3) is 15.9 Å². The maximum atomic E-state index is 13.0. The first-order chi connectivity index (χ1) is 16.7. The van der Waals surface area contributed by atoms with E-state index in [2.05, 4.69) is 10.0 Å². The van der Waals surface area contributed by atoms with Crippen LogP contribution in [0, 0.1) is 0 Å². The van der Waals surface area contributed by atoms with Gasteiger partial charge in [-0.1, -0.05) is 59.6 Å². The highest BCUT2D eigenvalue weighted by Gasteiger charge is 2.18. The molecule has 0 bridgehead atoms. The van der Waals surface area contributed by atoms with E-state index in [0.29, 0.717) is 15.6 Å². The van der Waals surface area contributed by atoms with E-state index in [9.17, 15) is 18.0 Å². The molecule has 2 N–H and O–H groups in total. The highest BCUT2D eigenvalue weighted by atomic mass is 35.5. The van der Waals surface area contributed by atoms with Crippen LogP contribution >= 0.6 is 23.2 Å². The quantitative estimate of drug-likeness (QED) is 0.278. The van der Waals surface area contributed by atoms with E-state index >= 15 is 0 Å². The second-order valence-corrected chi connectivity index (χ2v) is 10.0. The van der Waals surface area contributed by atoms with Crippen LogP contribution in [-0.2, 0) is 10.0 Å². The third kappa shape index (κ3) is 5.89. The van der Waals surface area contributed by atoms with Crippen molar-refractivity contribution in [2.75, 3.05) is 10.0 Å². The predicted molar refractivity (Wildman–Crippen MR) is 138 cm³/mol. The molecule has 0 saturated carbocycles. The van der Waals surface area contributed by atoms with E-state index in [1.165, 1.54) is 48.5 Å². The van der Waals surface area contributed by atoms with Crippen LogP contribution in [0.25, 0.3) is 0 Å². The lowest BCUT2D eigenvalue weighted by atomic mass is 10.0. The molecule has 0 atom stereocenters. The molecular formula is C26H18Cl2N2O4S. The van der Waals surface area contributed by atoms with Crippen molar-refractivity contribution in [2.24, 2.45) is 0 Å². The molecule has 0 unspecified atom stereocenters. The van der Waals surface area contributed by atoms with Gasteiger partial charge in [0.2, 0.25) is 0 Å². The molecule has 0 radical (unpaired) electrons. The van der Waals surface area contributed by atoms with Crippen molar-refractivity contribution in [3.05, 3.63) is 124 Å². The van der Waals surface area contributed by atoms with E-state index in [-0.39, 0.29) is 33.2 Å². The van der Waals surface area contributed by atoms with Crippen molar-refractivity contribution in [2.45, 2.75) is 4.90 Å². The minimum atomic E-state index is -3.88. The zero-order valence-corrected chi connectivity index (χ0v) is 20.4. The summed E-state index contributed by atoms with van der Waals surface area (Å²) in [6.07, 6.45) is 0. The van der Waals surface area contributed by atoms with Crippen LogP contribution in [0.1, 0.15) is 26.3 Å². The normalized spacial score (nSPS) is 11.0. The van der Waals surface area contributed by atoms with Gasteiger partial charge in [0.1, 0.15) is 0 Å². The van der Waals surface area contributed by atoms with Crippen LogP contribution in [0.2, 0.25) is 10.0 Å². The number of hydrogen-bond donors (Lipinski definition) is 2. The fourth-order valence-electron chi connectivity index (χ4n) is 3.30. The zero-order chi connectivity index (χ0) is 25.0. The molecule has 4 aromatic rings. The number of anilines is 2. The van der Waals surface area contributed by atoms with Gasteiger partial charge >= 0.3 is 0 Å². The zero-order valence-electron chi connectivity index (χ0n) is 18.0. The molecule has 0 aliphatic rings. The standard InChI is InChI=1S/C26H18Cl2N2O4S/c27-19-9-12-22(13-10-19)35(33,34)30-21-8-4-7-18(15-21)26(32)29-24-14-11-20(28)16-23(24)25(31)17-5-2-1-3-6-17/h1-16,30H,(H,29,32). The third-order valence-corrected chi connectivity index (χ3v) is 6.90. The summed E-state index contributed by atoms with van der Waals surface area (Å²) >= 11 is 11.9. The van der Waals surface area contributed by atoms with Gasteiger partial charge in [-0.25, -0.2) is 8.42 Å². The highest BCUT2D eigenvalue weighted by molar-refractivity contribution is 7.92. The largest absolute Gasteiger partial charge is 0.321 e. The number of rotatable bonds is 7. The smallest absolute Gasteiger partial charge is 0.261 e. The Kier molecular flexibility index (Phi) is 7.21. The van der Waals surface area contributed by atoms with Crippen LogP contribution in [0.5, 0.6) is 0 Å². The van der Waals surface area contributed by atoms with E-state index in [1.54, 1.807) is 48.5 Å². The molecule has 35 heavy (non-hydrogen) atoms. The van der Waals surface area contributed by atoms with Crippen molar-refractivity contribution >= 4 is 56.3 Å². The molecular weight excluding hydrogens is 507 g/mol. The van der Waals surface area contributed by atoms with Gasteiger partial charge in [-0.3, -0.25) is 14.3 Å².